The molecule has 0 radical (unpaired) electrons. The van der Waals surface area contributed by atoms with Gasteiger partial charge in [0.15, 0.2) is 0 Å². The first-order valence-corrected chi connectivity index (χ1v) is 5.98. The summed E-state index contributed by atoms with van der Waals surface area (Å²) in [5, 5.41) is 8.97. The van der Waals surface area contributed by atoms with E-state index >= 15 is 0 Å². The predicted octanol–water partition coefficient (Wildman–Crippen LogP) is 0.768. The van der Waals surface area contributed by atoms with Crippen LogP contribution < -0.4 is 5.56 Å². The van der Waals surface area contributed by atoms with Gasteiger partial charge in [0.05, 0.1) is 11.6 Å². The first-order valence-electron chi connectivity index (χ1n) is 5.98. The second-order valence-corrected chi connectivity index (χ2v) is 4.89. The number of hydrogen-bond donors (Lipinski definition) is 1. The van der Waals surface area contributed by atoms with Gasteiger partial charge in [0.25, 0.3) is 5.56 Å². The Morgan fingerprint density at radius 2 is 2.18 bits per heavy atom. The maximum Gasteiger partial charge on any atom is 0.308 e. The van der Waals surface area contributed by atoms with Gasteiger partial charge in [0, 0.05) is 24.9 Å². The monoisotopic (exact) mass is 234 g/mol. The maximum atomic E-state index is 11.9. The quantitative estimate of drug-likeness (QED) is 0.820. The lowest BCUT2D eigenvalue weighted by Gasteiger charge is -2.22. The second-order valence-electron chi connectivity index (χ2n) is 4.89. The first-order chi connectivity index (χ1) is 8.15. The van der Waals surface area contributed by atoms with Crippen molar-refractivity contribution < 1.29 is 9.90 Å². The molecule has 1 saturated carbocycles. The summed E-state index contributed by atoms with van der Waals surface area (Å²) < 4.78 is 1.52. The number of carboxylic acids is 1. The van der Waals surface area contributed by atoms with Gasteiger partial charge in [0.2, 0.25) is 0 Å². The molecule has 1 N–H and O–H groups in total. The number of rotatable bonds is 2. The number of nitrogens with zero attached hydrogens (tertiary/aromatic N) is 2. The van der Waals surface area contributed by atoms with Gasteiger partial charge in [-0.25, -0.2) is 4.98 Å². The van der Waals surface area contributed by atoms with Crippen molar-refractivity contribution in [3.8, 4) is 0 Å². The Morgan fingerprint density at radius 1 is 1.41 bits per heavy atom. The fourth-order valence-corrected chi connectivity index (χ4v) is 2.36. The third-order valence-electron chi connectivity index (χ3n) is 3.57. The fraction of sp³-hybridized carbons (Fsp3) is 0.583. The number of carboxylic acid groups (broad SMARTS) is 1. The third-order valence-corrected chi connectivity index (χ3v) is 3.57. The molecule has 1 aliphatic heterocycles. The molecule has 2 aliphatic rings. The lowest BCUT2D eigenvalue weighted by molar-refractivity contribution is -0.142. The van der Waals surface area contributed by atoms with Gasteiger partial charge in [0.1, 0.15) is 5.82 Å². The van der Waals surface area contributed by atoms with E-state index in [1.165, 1.54) is 4.57 Å². The number of carbonyl (C=O) groups is 1. The molecular weight excluding hydrogens is 220 g/mol. The first kappa shape index (κ1) is 10.5. The molecule has 0 spiro atoms. The molecule has 90 valence electrons. The van der Waals surface area contributed by atoms with Crippen LogP contribution in [0, 0.1) is 5.92 Å². The van der Waals surface area contributed by atoms with Crippen molar-refractivity contribution in [3.63, 3.8) is 0 Å². The second kappa shape index (κ2) is 3.68. The van der Waals surface area contributed by atoms with Gasteiger partial charge in [-0.1, -0.05) is 0 Å². The number of aryl methyl sites for hydroxylation is 1. The van der Waals surface area contributed by atoms with Crippen LogP contribution in [0.5, 0.6) is 0 Å². The summed E-state index contributed by atoms with van der Waals surface area (Å²) >= 11 is 0. The summed E-state index contributed by atoms with van der Waals surface area (Å²) in [7, 11) is 0. The molecule has 5 heteroatoms. The standard InChI is InChI=1S/C12H14N2O3/c15-11-5-9(7-1-2-7)13-10-4-3-8(12(16)17)6-14(10)11/h5,7-8H,1-4,6H2,(H,16,17). The van der Waals surface area contributed by atoms with Crippen LogP contribution in [0.3, 0.4) is 0 Å². The van der Waals surface area contributed by atoms with E-state index in [1.54, 1.807) is 6.07 Å². The normalized spacial score (nSPS) is 23.2. The van der Waals surface area contributed by atoms with E-state index in [0.29, 0.717) is 18.8 Å². The minimum Gasteiger partial charge on any atom is -0.481 e. The van der Waals surface area contributed by atoms with Crippen LogP contribution in [0.2, 0.25) is 0 Å². The van der Waals surface area contributed by atoms with E-state index in [4.69, 9.17) is 5.11 Å². The van der Waals surface area contributed by atoms with Crippen LogP contribution in [0.25, 0.3) is 0 Å². The van der Waals surface area contributed by atoms with E-state index in [-0.39, 0.29) is 12.1 Å². The number of aliphatic carboxylic acids is 1. The summed E-state index contributed by atoms with van der Waals surface area (Å²) in [6.07, 6.45) is 3.41. The minimum absolute atomic E-state index is 0.0946. The van der Waals surface area contributed by atoms with E-state index < -0.39 is 11.9 Å². The lowest BCUT2D eigenvalue weighted by atomic mass is 9.99. The predicted molar refractivity (Wildman–Crippen MR) is 59.9 cm³/mol. The van der Waals surface area contributed by atoms with Crippen LogP contribution >= 0.6 is 0 Å². The van der Waals surface area contributed by atoms with E-state index in [0.717, 1.165) is 24.4 Å². The van der Waals surface area contributed by atoms with Crippen LogP contribution in [-0.4, -0.2) is 20.6 Å². The molecular formula is C12H14N2O3. The van der Waals surface area contributed by atoms with Gasteiger partial charge >= 0.3 is 5.97 Å². The smallest absolute Gasteiger partial charge is 0.308 e. The summed E-state index contributed by atoms with van der Waals surface area (Å²) in [4.78, 5) is 27.3. The summed E-state index contributed by atoms with van der Waals surface area (Å²) in [6.45, 7) is 0.265. The van der Waals surface area contributed by atoms with Crippen molar-refractivity contribution >= 4 is 5.97 Å². The van der Waals surface area contributed by atoms with Crippen molar-refractivity contribution in [2.75, 3.05) is 0 Å². The van der Waals surface area contributed by atoms with Gasteiger partial charge < -0.3 is 5.11 Å². The average molecular weight is 234 g/mol. The topological polar surface area (TPSA) is 72.2 Å². The zero-order valence-electron chi connectivity index (χ0n) is 9.43. The summed E-state index contributed by atoms with van der Waals surface area (Å²) in [5.74, 6) is -0.0507. The Balaban J connectivity index is 1.98. The molecule has 0 bridgehead atoms. The van der Waals surface area contributed by atoms with Crippen molar-refractivity contribution in [2.24, 2.45) is 5.92 Å². The lowest BCUT2D eigenvalue weighted by Crippen LogP contribution is -2.35. The van der Waals surface area contributed by atoms with E-state index in [1.807, 2.05) is 0 Å². The van der Waals surface area contributed by atoms with E-state index in [2.05, 4.69) is 4.98 Å². The molecule has 1 fully saturated rings. The maximum absolute atomic E-state index is 11.9. The summed E-state index contributed by atoms with van der Waals surface area (Å²) in [5.41, 5.74) is 0.804. The minimum atomic E-state index is -0.825. The molecule has 1 unspecified atom stereocenters. The highest BCUT2D eigenvalue weighted by atomic mass is 16.4. The molecule has 1 aromatic rings. The van der Waals surface area contributed by atoms with Crippen molar-refractivity contribution in [3.05, 3.63) is 27.9 Å². The molecule has 0 aromatic carbocycles. The largest absolute Gasteiger partial charge is 0.481 e. The Bertz CT molecular complexity index is 531. The highest BCUT2D eigenvalue weighted by molar-refractivity contribution is 5.70. The molecule has 0 amide bonds. The van der Waals surface area contributed by atoms with Crippen molar-refractivity contribution in [1.29, 1.82) is 0 Å². The third kappa shape index (κ3) is 1.85. The average Bonchev–Trinajstić information content (AvgIpc) is 3.12. The van der Waals surface area contributed by atoms with Crippen molar-refractivity contribution in [2.45, 2.75) is 38.1 Å². The van der Waals surface area contributed by atoms with Crippen LogP contribution in [-0.2, 0) is 17.8 Å². The molecule has 5 nitrogen and oxygen atoms in total. The molecule has 2 heterocycles. The molecule has 0 saturated heterocycles. The number of hydrogen-bond acceptors (Lipinski definition) is 3. The van der Waals surface area contributed by atoms with Gasteiger partial charge in [-0.2, -0.15) is 0 Å². The van der Waals surface area contributed by atoms with Gasteiger partial charge in [-0.3, -0.25) is 14.2 Å². The molecule has 1 aliphatic carbocycles. The Hall–Kier alpha value is -1.65. The Labute approximate surface area is 98.1 Å². The summed E-state index contributed by atoms with van der Waals surface area (Å²) in [6, 6.07) is 1.57. The zero-order chi connectivity index (χ0) is 12.0. The molecule has 3 rings (SSSR count). The Kier molecular flexibility index (Phi) is 2.28. The van der Waals surface area contributed by atoms with Crippen LogP contribution in [0.1, 0.15) is 36.7 Å². The molecule has 1 aromatic heterocycles. The number of fused-ring (bicyclic) bond motifs is 1. The molecule has 1 atom stereocenters. The van der Waals surface area contributed by atoms with Crippen molar-refractivity contribution in [1.82, 2.24) is 9.55 Å². The number of aromatic nitrogens is 2. The highest BCUT2D eigenvalue weighted by Gasteiger charge is 2.29. The van der Waals surface area contributed by atoms with Crippen LogP contribution in [0.4, 0.5) is 0 Å². The molecule has 17 heavy (non-hydrogen) atoms. The van der Waals surface area contributed by atoms with Gasteiger partial charge in [-0.15, -0.1) is 0 Å². The van der Waals surface area contributed by atoms with Gasteiger partial charge in [-0.05, 0) is 19.3 Å². The van der Waals surface area contributed by atoms with E-state index in [9.17, 15) is 9.59 Å². The highest BCUT2D eigenvalue weighted by Crippen LogP contribution is 2.38. The zero-order valence-corrected chi connectivity index (χ0v) is 9.43. The Morgan fingerprint density at radius 3 is 2.82 bits per heavy atom. The van der Waals surface area contributed by atoms with Crippen LogP contribution in [0.15, 0.2) is 10.9 Å². The fourth-order valence-electron chi connectivity index (χ4n) is 2.36. The SMILES string of the molecule is O=C(O)C1CCc2nc(C3CC3)cc(=O)n2C1.